The van der Waals surface area contributed by atoms with Gasteiger partial charge >= 0.3 is 0 Å². The number of hydrogen-bond donors (Lipinski definition) is 1. The van der Waals surface area contributed by atoms with Gasteiger partial charge in [0.05, 0.1) is 17.8 Å². The summed E-state index contributed by atoms with van der Waals surface area (Å²) >= 11 is 0. The van der Waals surface area contributed by atoms with E-state index in [2.05, 4.69) is 5.92 Å². The Morgan fingerprint density at radius 3 is 2.71 bits per heavy atom. The fourth-order valence-corrected chi connectivity index (χ4v) is 1.37. The van der Waals surface area contributed by atoms with Crippen molar-refractivity contribution in [2.24, 2.45) is 0 Å². The molecule has 0 fully saturated rings. The predicted octanol–water partition coefficient (Wildman–Crippen LogP) is 1.64. The summed E-state index contributed by atoms with van der Waals surface area (Å²) < 4.78 is 26.6. The van der Waals surface area contributed by atoms with Crippen LogP contribution in [0.25, 0.3) is 0 Å². The highest BCUT2D eigenvalue weighted by Crippen LogP contribution is 2.19. The standard InChI is InChI=1S/C12H12F2N2O/c1-3-5-16(4-2)12(17)9-6-8(13)7-10(15)11(9)14/h1,6-7H,4-5,15H2,2H3. The van der Waals surface area contributed by atoms with Crippen LogP contribution in [0.4, 0.5) is 14.5 Å². The van der Waals surface area contributed by atoms with Crippen LogP contribution in [0.3, 0.4) is 0 Å². The van der Waals surface area contributed by atoms with Crippen LogP contribution in [-0.4, -0.2) is 23.9 Å². The van der Waals surface area contributed by atoms with Crippen molar-refractivity contribution in [3.63, 3.8) is 0 Å². The summed E-state index contributed by atoms with van der Waals surface area (Å²) in [4.78, 5) is 13.1. The average molecular weight is 238 g/mol. The number of halogens is 2. The number of anilines is 1. The van der Waals surface area contributed by atoms with Crippen LogP contribution in [0.2, 0.25) is 0 Å². The predicted molar refractivity (Wildman–Crippen MR) is 61.2 cm³/mol. The van der Waals surface area contributed by atoms with Gasteiger partial charge in [-0.3, -0.25) is 4.79 Å². The number of carbonyl (C=O) groups excluding carboxylic acids is 1. The Kier molecular flexibility index (Phi) is 4.05. The van der Waals surface area contributed by atoms with Gasteiger partial charge in [-0.15, -0.1) is 6.42 Å². The van der Waals surface area contributed by atoms with Crippen molar-refractivity contribution in [2.75, 3.05) is 18.8 Å². The molecule has 0 aliphatic heterocycles. The van der Waals surface area contributed by atoms with E-state index in [9.17, 15) is 13.6 Å². The van der Waals surface area contributed by atoms with Crippen LogP contribution in [0.5, 0.6) is 0 Å². The molecule has 0 atom stereocenters. The average Bonchev–Trinajstić information content (AvgIpc) is 2.29. The Morgan fingerprint density at radius 2 is 2.18 bits per heavy atom. The molecule has 2 N–H and O–H groups in total. The minimum absolute atomic E-state index is 0.0329. The van der Waals surface area contributed by atoms with E-state index in [-0.39, 0.29) is 6.54 Å². The normalized spacial score (nSPS) is 9.76. The SMILES string of the molecule is C#CCN(CC)C(=O)c1cc(F)cc(N)c1F. The molecule has 5 heteroatoms. The largest absolute Gasteiger partial charge is 0.396 e. The van der Waals surface area contributed by atoms with Crippen LogP contribution < -0.4 is 5.73 Å². The molecule has 17 heavy (non-hydrogen) atoms. The maximum Gasteiger partial charge on any atom is 0.257 e. The Hall–Kier alpha value is -2.09. The monoisotopic (exact) mass is 238 g/mol. The fraction of sp³-hybridized carbons (Fsp3) is 0.250. The highest BCUT2D eigenvalue weighted by Gasteiger charge is 2.20. The molecule has 90 valence electrons. The number of nitrogens with two attached hydrogens (primary N) is 1. The Labute approximate surface area is 98.2 Å². The smallest absolute Gasteiger partial charge is 0.257 e. The molecule has 0 spiro atoms. The van der Waals surface area contributed by atoms with Crippen molar-refractivity contribution >= 4 is 11.6 Å². The number of amides is 1. The summed E-state index contributed by atoms with van der Waals surface area (Å²) in [6.07, 6.45) is 5.08. The first kappa shape index (κ1) is 13.0. The van der Waals surface area contributed by atoms with Crippen molar-refractivity contribution in [3.8, 4) is 12.3 Å². The number of nitrogens with zero attached hydrogens (tertiary/aromatic N) is 1. The minimum Gasteiger partial charge on any atom is -0.396 e. The van der Waals surface area contributed by atoms with Gasteiger partial charge in [0.2, 0.25) is 0 Å². The van der Waals surface area contributed by atoms with E-state index < -0.39 is 28.8 Å². The van der Waals surface area contributed by atoms with E-state index in [1.54, 1.807) is 6.92 Å². The molecule has 0 unspecified atom stereocenters. The van der Waals surface area contributed by atoms with E-state index in [0.717, 1.165) is 12.1 Å². The van der Waals surface area contributed by atoms with Crippen molar-refractivity contribution in [2.45, 2.75) is 6.92 Å². The molecule has 0 radical (unpaired) electrons. The molecule has 1 rings (SSSR count). The summed E-state index contributed by atoms with van der Waals surface area (Å²) in [5.41, 5.74) is 4.45. The fourth-order valence-electron chi connectivity index (χ4n) is 1.37. The van der Waals surface area contributed by atoms with Gasteiger partial charge in [0, 0.05) is 6.54 Å². The van der Waals surface area contributed by atoms with Gasteiger partial charge in [0.15, 0.2) is 5.82 Å². The lowest BCUT2D eigenvalue weighted by atomic mass is 10.1. The first-order valence-corrected chi connectivity index (χ1v) is 4.98. The zero-order valence-electron chi connectivity index (χ0n) is 9.34. The maximum atomic E-state index is 13.6. The molecule has 0 aromatic heterocycles. The van der Waals surface area contributed by atoms with E-state index in [1.807, 2.05) is 0 Å². The summed E-state index contributed by atoms with van der Waals surface area (Å²) in [5.74, 6) is -0.0807. The molecule has 0 saturated heterocycles. The summed E-state index contributed by atoms with van der Waals surface area (Å²) in [5, 5.41) is 0. The zero-order valence-corrected chi connectivity index (χ0v) is 9.34. The molecule has 0 aliphatic carbocycles. The van der Waals surface area contributed by atoms with Gasteiger partial charge in [-0.25, -0.2) is 8.78 Å². The molecule has 3 nitrogen and oxygen atoms in total. The third kappa shape index (κ3) is 2.72. The van der Waals surface area contributed by atoms with Crippen LogP contribution in [-0.2, 0) is 0 Å². The van der Waals surface area contributed by atoms with Crippen LogP contribution >= 0.6 is 0 Å². The number of nitrogen functional groups attached to an aromatic ring is 1. The maximum absolute atomic E-state index is 13.6. The number of benzene rings is 1. The van der Waals surface area contributed by atoms with Gasteiger partial charge in [0.1, 0.15) is 5.82 Å². The summed E-state index contributed by atoms with van der Waals surface area (Å²) in [7, 11) is 0. The van der Waals surface area contributed by atoms with Crippen LogP contribution in [0, 0.1) is 24.0 Å². The topological polar surface area (TPSA) is 46.3 Å². The lowest BCUT2D eigenvalue weighted by Gasteiger charge is -2.18. The zero-order chi connectivity index (χ0) is 13.0. The molecular formula is C12H12F2N2O. The molecule has 0 heterocycles. The molecule has 1 amide bonds. The second-order valence-corrected chi connectivity index (χ2v) is 3.38. The molecule has 0 bridgehead atoms. The second-order valence-electron chi connectivity index (χ2n) is 3.38. The van der Waals surface area contributed by atoms with E-state index >= 15 is 0 Å². The second kappa shape index (κ2) is 5.30. The molecule has 1 aromatic carbocycles. The Balaban J connectivity index is 3.16. The summed E-state index contributed by atoms with van der Waals surface area (Å²) in [6.45, 7) is 2.03. The first-order chi connectivity index (χ1) is 8.01. The van der Waals surface area contributed by atoms with Gasteiger partial charge in [-0.05, 0) is 19.1 Å². The molecular weight excluding hydrogens is 226 g/mol. The van der Waals surface area contributed by atoms with Crippen LogP contribution in [0.15, 0.2) is 12.1 Å². The van der Waals surface area contributed by atoms with Crippen molar-refractivity contribution in [1.29, 1.82) is 0 Å². The lowest BCUT2D eigenvalue weighted by Crippen LogP contribution is -2.32. The Morgan fingerprint density at radius 1 is 1.53 bits per heavy atom. The van der Waals surface area contributed by atoms with Gasteiger partial charge in [-0.2, -0.15) is 0 Å². The van der Waals surface area contributed by atoms with Gasteiger partial charge < -0.3 is 10.6 Å². The third-order valence-corrected chi connectivity index (χ3v) is 2.25. The number of carbonyl (C=O) groups is 1. The number of rotatable bonds is 3. The van der Waals surface area contributed by atoms with E-state index in [1.165, 1.54) is 4.90 Å². The molecule has 0 saturated carbocycles. The quantitative estimate of drug-likeness (QED) is 0.642. The van der Waals surface area contributed by atoms with Gasteiger partial charge in [0.25, 0.3) is 5.91 Å². The van der Waals surface area contributed by atoms with Crippen molar-refractivity contribution in [3.05, 3.63) is 29.3 Å². The molecule has 0 aliphatic rings. The van der Waals surface area contributed by atoms with E-state index in [0.29, 0.717) is 6.54 Å². The summed E-state index contributed by atoms with van der Waals surface area (Å²) in [6, 6.07) is 1.64. The minimum atomic E-state index is -0.924. The Bertz CT molecular complexity index is 480. The lowest BCUT2D eigenvalue weighted by molar-refractivity contribution is 0.0780. The third-order valence-electron chi connectivity index (χ3n) is 2.25. The number of terminal acetylenes is 1. The van der Waals surface area contributed by atoms with Crippen molar-refractivity contribution in [1.82, 2.24) is 4.90 Å². The molecule has 1 aromatic rings. The number of hydrogen-bond acceptors (Lipinski definition) is 2. The highest BCUT2D eigenvalue weighted by atomic mass is 19.1. The highest BCUT2D eigenvalue weighted by molar-refractivity contribution is 5.95. The van der Waals surface area contributed by atoms with Crippen molar-refractivity contribution < 1.29 is 13.6 Å². The van der Waals surface area contributed by atoms with E-state index in [4.69, 9.17) is 12.2 Å². The van der Waals surface area contributed by atoms with Gasteiger partial charge in [-0.1, -0.05) is 5.92 Å². The first-order valence-electron chi connectivity index (χ1n) is 4.98. The van der Waals surface area contributed by atoms with Crippen LogP contribution in [0.1, 0.15) is 17.3 Å².